The van der Waals surface area contributed by atoms with Gasteiger partial charge in [0.05, 0.1) is 0 Å². The highest BCUT2D eigenvalue weighted by Crippen LogP contribution is 2.22. The average molecular weight is 281 g/mol. The molecule has 1 aromatic carbocycles. The summed E-state index contributed by atoms with van der Waals surface area (Å²) in [5.41, 5.74) is 4.95. The fourth-order valence-electron chi connectivity index (χ4n) is 2.97. The summed E-state index contributed by atoms with van der Waals surface area (Å²) in [5, 5.41) is 3.47. The molecule has 0 aliphatic carbocycles. The molecule has 2 heterocycles. The standard InChI is InChI=1S/C18H23N3/c1-13-5-7-15(8-6-13)10-17-11-18(21-14(2)20-17)16-4-3-9-19-12-16/h5-8,11,16,19H,3-4,9-10,12H2,1-2H3. The van der Waals surface area contributed by atoms with Crippen molar-refractivity contribution in [3.8, 4) is 0 Å². The molecule has 1 saturated heterocycles. The number of nitrogens with one attached hydrogen (secondary N) is 1. The van der Waals surface area contributed by atoms with Crippen molar-refractivity contribution in [1.29, 1.82) is 0 Å². The van der Waals surface area contributed by atoms with Crippen LogP contribution in [0.2, 0.25) is 0 Å². The van der Waals surface area contributed by atoms with Crippen molar-refractivity contribution < 1.29 is 0 Å². The summed E-state index contributed by atoms with van der Waals surface area (Å²) >= 11 is 0. The Hall–Kier alpha value is -1.74. The number of nitrogens with zero attached hydrogens (tertiary/aromatic N) is 2. The lowest BCUT2D eigenvalue weighted by Gasteiger charge is -2.22. The molecular weight excluding hydrogens is 258 g/mol. The van der Waals surface area contributed by atoms with Gasteiger partial charge in [-0.2, -0.15) is 0 Å². The number of piperidine rings is 1. The molecule has 3 nitrogen and oxygen atoms in total. The minimum Gasteiger partial charge on any atom is -0.316 e. The first-order valence-corrected chi connectivity index (χ1v) is 7.81. The first kappa shape index (κ1) is 14.2. The van der Waals surface area contributed by atoms with Crippen LogP contribution in [0.4, 0.5) is 0 Å². The van der Waals surface area contributed by atoms with E-state index in [0.717, 1.165) is 31.0 Å². The van der Waals surface area contributed by atoms with Gasteiger partial charge in [-0.05, 0) is 44.9 Å². The zero-order chi connectivity index (χ0) is 14.7. The number of aryl methyl sites for hydroxylation is 2. The SMILES string of the molecule is Cc1ccc(Cc2cc(C3CCCNC3)nc(C)n2)cc1. The second-order valence-corrected chi connectivity index (χ2v) is 6.04. The molecule has 0 amide bonds. The summed E-state index contributed by atoms with van der Waals surface area (Å²) in [7, 11) is 0. The summed E-state index contributed by atoms with van der Waals surface area (Å²) in [6.07, 6.45) is 3.35. The highest BCUT2D eigenvalue weighted by molar-refractivity contribution is 5.27. The van der Waals surface area contributed by atoms with Gasteiger partial charge in [-0.15, -0.1) is 0 Å². The van der Waals surface area contributed by atoms with Gasteiger partial charge in [0, 0.05) is 30.3 Å². The predicted molar refractivity (Wildman–Crippen MR) is 85.6 cm³/mol. The van der Waals surface area contributed by atoms with E-state index in [1.165, 1.54) is 29.7 Å². The maximum absolute atomic E-state index is 4.66. The number of benzene rings is 1. The Labute approximate surface area is 126 Å². The number of aromatic nitrogens is 2. The van der Waals surface area contributed by atoms with E-state index in [1.54, 1.807) is 0 Å². The molecule has 1 fully saturated rings. The van der Waals surface area contributed by atoms with Crippen molar-refractivity contribution in [2.75, 3.05) is 13.1 Å². The van der Waals surface area contributed by atoms with Crippen LogP contribution in [0, 0.1) is 13.8 Å². The summed E-state index contributed by atoms with van der Waals surface area (Å²) < 4.78 is 0. The van der Waals surface area contributed by atoms with Crippen LogP contribution in [0.5, 0.6) is 0 Å². The third-order valence-corrected chi connectivity index (χ3v) is 4.13. The maximum Gasteiger partial charge on any atom is 0.125 e. The monoisotopic (exact) mass is 281 g/mol. The molecule has 1 atom stereocenters. The van der Waals surface area contributed by atoms with Gasteiger partial charge in [-0.25, -0.2) is 9.97 Å². The van der Waals surface area contributed by atoms with Crippen LogP contribution in [-0.2, 0) is 6.42 Å². The summed E-state index contributed by atoms with van der Waals surface area (Å²) in [6.45, 7) is 6.29. The van der Waals surface area contributed by atoms with Crippen molar-refractivity contribution in [2.24, 2.45) is 0 Å². The van der Waals surface area contributed by atoms with Gasteiger partial charge < -0.3 is 5.32 Å². The number of rotatable bonds is 3. The van der Waals surface area contributed by atoms with Gasteiger partial charge >= 0.3 is 0 Å². The van der Waals surface area contributed by atoms with Crippen LogP contribution in [-0.4, -0.2) is 23.1 Å². The summed E-state index contributed by atoms with van der Waals surface area (Å²) in [4.78, 5) is 9.28. The molecule has 1 aliphatic heterocycles. The molecule has 1 aromatic heterocycles. The molecule has 110 valence electrons. The van der Waals surface area contributed by atoms with E-state index in [0.29, 0.717) is 5.92 Å². The first-order chi connectivity index (χ1) is 10.2. The van der Waals surface area contributed by atoms with Gasteiger partial charge in [-0.1, -0.05) is 29.8 Å². The normalized spacial score (nSPS) is 18.7. The van der Waals surface area contributed by atoms with E-state index >= 15 is 0 Å². The van der Waals surface area contributed by atoms with Crippen molar-refractivity contribution in [2.45, 2.75) is 39.0 Å². The lowest BCUT2D eigenvalue weighted by Crippen LogP contribution is -2.29. The van der Waals surface area contributed by atoms with Crippen molar-refractivity contribution in [3.63, 3.8) is 0 Å². The zero-order valence-electron chi connectivity index (χ0n) is 12.9. The molecule has 1 N–H and O–H groups in total. The largest absolute Gasteiger partial charge is 0.316 e. The van der Waals surface area contributed by atoms with Crippen LogP contribution < -0.4 is 5.32 Å². The minimum absolute atomic E-state index is 0.539. The zero-order valence-corrected chi connectivity index (χ0v) is 12.9. The Balaban J connectivity index is 1.81. The molecule has 3 rings (SSSR count). The fraction of sp³-hybridized carbons (Fsp3) is 0.444. The van der Waals surface area contributed by atoms with Crippen LogP contribution in [0.3, 0.4) is 0 Å². The number of hydrogen-bond donors (Lipinski definition) is 1. The van der Waals surface area contributed by atoms with Crippen LogP contribution in [0.25, 0.3) is 0 Å². The van der Waals surface area contributed by atoms with Gasteiger partial charge in [0.25, 0.3) is 0 Å². The molecule has 0 saturated carbocycles. The molecule has 2 aromatic rings. The van der Waals surface area contributed by atoms with E-state index in [9.17, 15) is 0 Å². The predicted octanol–water partition coefficient (Wildman–Crippen LogP) is 3.15. The van der Waals surface area contributed by atoms with Gasteiger partial charge in [0.15, 0.2) is 0 Å². The quantitative estimate of drug-likeness (QED) is 0.939. The molecule has 21 heavy (non-hydrogen) atoms. The van der Waals surface area contributed by atoms with Gasteiger partial charge in [0.2, 0.25) is 0 Å². The molecule has 0 radical (unpaired) electrons. The van der Waals surface area contributed by atoms with E-state index in [1.807, 2.05) is 6.92 Å². The minimum atomic E-state index is 0.539. The topological polar surface area (TPSA) is 37.8 Å². The molecule has 1 aliphatic rings. The first-order valence-electron chi connectivity index (χ1n) is 7.81. The lowest BCUT2D eigenvalue weighted by molar-refractivity contribution is 0.453. The third kappa shape index (κ3) is 3.67. The smallest absolute Gasteiger partial charge is 0.125 e. The lowest BCUT2D eigenvalue weighted by atomic mass is 9.95. The van der Waals surface area contributed by atoms with Gasteiger partial charge in [0.1, 0.15) is 5.82 Å². The van der Waals surface area contributed by atoms with E-state index < -0.39 is 0 Å². The highest BCUT2D eigenvalue weighted by Gasteiger charge is 2.17. The van der Waals surface area contributed by atoms with Crippen molar-refractivity contribution in [3.05, 3.63) is 58.7 Å². The molecule has 0 bridgehead atoms. The Morgan fingerprint density at radius 1 is 1.14 bits per heavy atom. The second-order valence-electron chi connectivity index (χ2n) is 6.04. The van der Waals surface area contributed by atoms with Crippen LogP contribution in [0.1, 0.15) is 47.1 Å². The Bertz CT molecular complexity index is 598. The Morgan fingerprint density at radius 2 is 1.95 bits per heavy atom. The molecular formula is C18H23N3. The van der Waals surface area contributed by atoms with Gasteiger partial charge in [-0.3, -0.25) is 0 Å². The van der Waals surface area contributed by atoms with E-state index in [-0.39, 0.29) is 0 Å². The fourth-order valence-corrected chi connectivity index (χ4v) is 2.97. The molecule has 3 heteroatoms. The van der Waals surface area contributed by atoms with Crippen molar-refractivity contribution >= 4 is 0 Å². The highest BCUT2D eigenvalue weighted by atomic mass is 14.9. The molecule has 0 spiro atoms. The van der Waals surface area contributed by atoms with E-state index in [4.69, 9.17) is 0 Å². The Kier molecular flexibility index (Phi) is 4.30. The van der Waals surface area contributed by atoms with Crippen molar-refractivity contribution in [1.82, 2.24) is 15.3 Å². The van der Waals surface area contributed by atoms with Crippen LogP contribution in [0.15, 0.2) is 30.3 Å². The summed E-state index contributed by atoms with van der Waals surface area (Å²) in [6, 6.07) is 10.9. The Morgan fingerprint density at radius 3 is 2.67 bits per heavy atom. The summed E-state index contributed by atoms with van der Waals surface area (Å²) in [5.74, 6) is 1.43. The van der Waals surface area contributed by atoms with Crippen LogP contribution >= 0.6 is 0 Å². The molecule has 1 unspecified atom stereocenters. The third-order valence-electron chi connectivity index (χ3n) is 4.13. The second kappa shape index (κ2) is 6.35. The number of hydrogen-bond acceptors (Lipinski definition) is 3. The van der Waals surface area contributed by atoms with E-state index in [2.05, 4.69) is 52.5 Å². The maximum atomic E-state index is 4.66. The average Bonchev–Trinajstić information content (AvgIpc) is 2.50.